The Labute approximate surface area is 125 Å². The highest BCUT2D eigenvalue weighted by Crippen LogP contribution is 2.15. The third kappa shape index (κ3) is 12.4. The monoisotopic (exact) mass is 282 g/mol. The van der Waals surface area contributed by atoms with Crippen molar-refractivity contribution in [1.29, 1.82) is 0 Å². The van der Waals surface area contributed by atoms with Crippen molar-refractivity contribution in [3.05, 3.63) is 0 Å². The number of Topliss-reactive ketones (excluding diaryl/α,β-unsaturated/α-hetero) is 1. The van der Waals surface area contributed by atoms with Gasteiger partial charge < -0.3 is 4.79 Å². The normalized spacial score (nSPS) is 12.3. The first-order valence-electron chi connectivity index (χ1n) is 8.71. The molecule has 0 aliphatic heterocycles. The van der Waals surface area contributed by atoms with E-state index in [4.69, 9.17) is 0 Å². The SMILES string of the molecule is CCCCCCCCC(C=O)CC(=O)CCCCCC. The summed E-state index contributed by atoms with van der Waals surface area (Å²) in [5.74, 6) is 0.254. The molecule has 20 heavy (non-hydrogen) atoms. The average Bonchev–Trinajstić information content (AvgIpc) is 2.46. The van der Waals surface area contributed by atoms with E-state index in [1.807, 2.05) is 0 Å². The van der Waals surface area contributed by atoms with Crippen LogP contribution < -0.4 is 0 Å². The molecule has 0 aromatic rings. The number of aldehydes is 1. The number of carbonyl (C=O) groups excluding carboxylic acids is 2. The molecule has 1 unspecified atom stereocenters. The lowest BCUT2D eigenvalue weighted by Crippen LogP contribution is -2.10. The van der Waals surface area contributed by atoms with E-state index in [9.17, 15) is 9.59 Å². The molecule has 0 rings (SSSR count). The van der Waals surface area contributed by atoms with Crippen molar-refractivity contribution in [2.75, 3.05) is 0 Å². The molecule has 0 heterocycles. The van der Waals surface area contributed by atoms with Crippen molar-refractivity contribution >= 4 is 12.1 Å². The molecule has 0 aliphatic carbocycles. The van der Waals surface area contributed by atoms with Crippen molar-refractivity contribution in [3.8, 4) is 0 Å². The van der Waals surface area contributed by atoms with E-state index in [0.717, 1.165) is 32.0 Å². The highest BCUT2D eigenvalue weighted by Gasteiger charge is 2.12. The average molecular weight is 282 g/mol. The van der Waals surface area contributed by atoms with Gasteiger partial charge in [0.2, 0.25) is 0 Å². The molecule has 0 bridgehead atoms. The Balaban J connectivity index is 3.58. The maximum atomic E-state index is 11.8. The maximum absolute atomic E-state index is 11.8. The van der Waals surface area contributed by atoms with Gasteiger partial charge in [-0.3, -0.25) is 4.79 Å². The Morgan fingerprint density at radius 1 is 0.850 bits per heavy atom. The fraction of sp³-hybridized carbons (Fsp3) is 0.889. The van der Waals surface area contributed by atoms with Crippen molar-refractivity contribution in [1.82, 2.24) is 0 Å². The van der Waals surface area contributed by atoms with Crippen LogP contribution in [0.25, 0.3) is 0 Å². The van der Waals surface area contributed by atoms with Gasteiger partial charge >= 0.3 is 0 Å². The number of ketones is 1. The molecule has 1 atom stereocenters. The molecule has 0 N–H and O–H groups in total. The number of carbonyl (C=O) groups is 2. The first-order chi connectivity index (χ1) is 9.74. The van der Waals surface area contributed by atoms with Crippen LogP contribution in [0.5, 0.6) is 0 Å². The smallest absolute Gasteiger partial charge is 0.133 e. The van der Waals surface area contributed by atoms with Gasteiger partial charge in [-0.25, -0.2) is 0 Å². The summed E-state index contributed by atoms with van der Waals surface area (Å²) in [5, 5.41) is 0. The van der Waals surface area contributed by atoms with E-state index in [1.54, 1.807) is 0 Å². The van der Waals surface area contributed by atoms with Gasteiger partial charge in [-0.1, -0.05) is 71.6 Å². The third-order valence-corrected chi connectivity index (χ3v) is 3.92. The molecule has 118 valence electrons. The Hall–Kier alpha value is -0.660. The van der Waals surface area contributed by atoms with Gasteiger partial charge in [0.25, 0.3) is 0 Å². The second-order valence-electron chi connectivity index (χ2n) is 6.01. The molecule has 2 nitrogen and oxygen atoms in total. The standard InChI is InChI=1S/C18H34O2/c1-3-5-7-9-10-11-13-17(16-19)15-18(20)14-12-8-6-4-2/h16-17H,3-15H2,1-2H3. The van der Waals surface area contributed by atoms with Crippen molar-refractivity contribution in [2.24, 2.45) is 5.92 Å². The third-order valence-electron chi connectivity index (χ3n) is 3.92. The van der Waals surface area contributed by atoms with Crippen molar-refractivity contribution in [2.45, 2.75) is 97.3 Å². The van der Waals surface area contributed by atoms with Gasteiger partial charge in [0.1, 0.15) is 12.1 Å². The zero-order valence-electron chi connectivity index (χ0n) is 13.7. The Bertz CT molecular complexity index is 236. The van der Waals surface area contributed by atoms with Gasteiger partial charge in [0, 0.05) is 18.8 Å². The van der Waals surface area contributed by atoms with Crippen molar-refractivity contribution in [3.63, 3.8) is 0 Å². The maximum Gasteiger partial charge on any atom is 0.133 e. The van der Waals surface area contributed by atoms with E-state index < -0.39 is 0 Å². The minimum absolute atomic E-state index is 0.0279. The molecule has 0 spiro atoms. The number of hydrogen-bond acceptors (Lipinski definition) is 2. The predicted molar refractivity (Wildman–Crippen MR) is 85.9 cm³/mol. The topological polar surface area (TPSA) is 34.1 Å². The molecule has 0 fully saturated rings. The molecular weight excluding hydrogens is 248 g/mol. The van der Waals surface area contributed by atoms with Gasteiger partial charge in [-0.05, 0) is 12.8 Å². The van der Waals surface area contributed by atoms with Crippen LogP contribution in [0.4, 0.5) is 0 Å². The van der Waals surface area contributed by atoms with Crippen LogP contribution in [0.1, 0.15) is 97.3 Å². The summed E-state index contributed by atoms with van der Waals surface area (Å²) < 4.78 is 0. The van der Waals surface area contributed by atoms with E-state index in [-0.39, 0.29) is 11.7 Å². The minimum Gasteiger partial charge on any atom is -0.303 e. The molecule has 0 saturated carbocycles. The summed E-state index contributed by atoms with van der Waals surface area (Å²) in [6.07, 6.45) is 15.0. The predicted octanol–water partition coefficient (Wildman–Crippen LogP) is 5.48. The van der Waals surface area contributed by atoms with Crippen LogP contribution >= 0.6 is 0 Å². The quantitative estimate of drug-likeness (QED) is 0.294. The number of rotatable bonds is 15. The lowest BCUT2D eigenvalue weighted by Gasteiger charge is -2.09. The molecule has 2 heteroatoms. The fourth-order valence-electron chi connectivity index (χ4n) is 2.55. The molecule has 0 radical (unpaired) electrons. The largest absolute Gasteiger partial charge is 0.303 e. The Morgan fingerprint density at radius 3 is 2.00 bits per heavy atom. The Kier molecular flexibility index (Phi) is 14.3. The van der Waals surface area contributed by atoms with Crippen LogP contribution in [-0.4, -0.2) is 12.1 Å². The highest BCUT2D eigenvalue weighted by molar-refractivity contribution is 5.81. The van der Waals surface area contributed by atoms with Crippen LogP contribution in [-0.2, 0) is 9.59 Å². The number of unbranched alkanes of at least 4 members (excludes halogenated alkanes) is 8. The summed E-state index contributed by atoms with van der Waals surface area (Å²) in [4.78, 5) is 22.8. The molecule has 0 amide bonds. The van der Waals surface area contributed by atoms with E-state index in [2.05, 4.69) is 13.8 Å². The first-order valence-corrected chi connectivity index (χ1v) is 8.71. The fourth-order valence-corrected chi connectivity index (χ4v) is 2.55. The van der Waals surface area contributed by atoms with Gasteiger partial charge in [0.05, 0.1) is 0 Å². The van der Waals surface area contributed by atoms with Gasteiger partial charge in [-0.2, -0.15) is 0 Å². The summed E-state index contributed by atoms with van der Waals surface area (Å²) in [7, 11) is 0. The van der Waals surface area contributed by atoms with Crippen LogP contribution in [0.2, 0.25) is 0 Å². The van der Waals surface area contributed by atoms with Gasteiger partial charge in [-0.15, -0.1) is 0 Å². The molecule has 0 aromatic carbocycles. The van der Waals surface area contributed by atoms with Crippen LogP contribution in [0.3, 0.4) is 0 Å². The zero-order valence-corrected chi connectivity index (χ0v) is 13.7. The summed E-state index contributed by atoms with van der Waals surface area (Å²) >= 11 is 0. The zero-order chi connectivity index (χ0) is 15.1. The summed E-state index contributed by atoms with van der Waals surface area (Å²) in [6.45, 7) is 4.39. The van der Waals surface area contributed by atoms with Crippen LogP contribution in [0.15, 0.2) is 0 Å². The molecule has 0 aromatic heterocycles. The first kappa shape index (κ1) is 19.3. The number of hydrogen-bond donors (Lipinski definition) is 0. The lowest BCUT2D eigenvalue weighted by molar-refractivity contribution is -0.123. The van der Waals surface area contributed by atoms with E-state index in [0.29, 0.717) is 12.8 Å². The Morgan fingerprint density at radius 2 is 1.40 bits per heavy atom. The molecular formula is C18H34O2. The highest BCUT2D eigenvalue weighted by atomic mass is 16.1. The summed E-state index contributed by atoms with van der Waals surface area (Å²) in [5.41, 5.74) is 0. The molecule has 0 saturated heterocycles. The van der Waals surface area contributed by atoms with E-state index >= 15 is 0 Å². The second kappa shape index (κ2) is 14.7. The molecule has 0 aliphatic rings. The van der Waals surface area contributed by atoms with Crippen LogP contribution in [0, 0.1) is 5.92 Å². The second-order valence-corrected chi connectivity index (χ2v) is 6.01. The van der Waals surface area contributed by atoms with Crippen molar-refractivity contribution < 1.29 is 9.59 Å². The van der Waals surface area contributed by atoms with Gasteiger partial charge in [0.15, 0.2) is 0 Å². The summed E-state index contributed by atoms with van der Waals surface area (Å²) in [6, 6.07) is 0. The van der Waals surface area contributed by atoms with E-state index in [1.165, 1.54) is 44.9 Å². The minimum atomic E-state index is -0.0279. The lowest BCUT2D eigenvalue weighted by atomic mass is 9.94.